The van der Waals surface area contributed by atoms with E-state index in [-0.39, 0.29) is 6.04 Å². The Bertz CT molecular complexity index is 1290. The second-order valence-corrected chi connectivity index (χ2v) is 13.0. The number of hydrogen-bond donors (Lipinski definition) is 2. The third-order valence-electron chi connectivity index (χ3n) is 9.49. The average molecular weight is 610 g/mol. The lowest BCUT2D eigenvalue weighted by Gasteiger charge is -2.56. The molecule has 1 saturated heterocycles. The lowest BCUT2D eigenvalue weighted by atomic mass is 9.59. The fourth-order valence-electron chi connectivity index (χ4n) is 7.51. The van der Waals surface area contributed by atoms with Crippen LogP contribution in [-0.2, 0) is 0 Å². The van der Waals surface area contributed by atoms with Crippen molar-refractivity contribution in [3.05, 3.63) is 112 Å². The van der Waals surface area contributed by atoms with Crippen molar-refractivity contribution in [2.45, 2.75) is 106 Å². The molecule has 0 amide bonds. The van der Waals surface area contributed by atoms with E-state index in [1.54, 1.807) is 5.57 Å². The molecule has 2 aliphatic heterocycles. The van der Waals surface area contributed by atoms with Crippen molar-refractivity contribution >= 4 is 5.57 Å². The summed E-state index contributed by atoms with van der Waals surface area (Å²) in [5.74, 6) is 0.872. The molecule has 3 fully saturated rings. The predicted molar refractivity (Wildman–Crippen MR) is 198 cm³/mol. The van der Waals surface area contributed by atoms with Crippen molar-refractivity contribution in [1.29, 1.82) is 0 Å². The molecule has 2 heterocycles. The minimum atomic E-state index is 0.189. The molecule has 2 aromatic rings. The molecule has 3 nitrogen and oxygen atoms in total. The number of benzene rings is 2. The molecule has 2 aliphatic carbocycles. The van der Waals surface area contributed by atoms with E-state index in [0.717, 1.165) is 18.2 Å². The van der Waals surface area contributed by atoms with Gasteiger partial charge in [0.2, 0.25) is 0 Å². The van der Waals surface area contributed by atoms with Gasteiger partial charge in [-0.15, -0.1) is 0 Å². The van der Waals surface area contributed by atoms with Crippen LogP contribution in [-0.4, -0.2) is 31.6 Å². The van der Waals surface area contributed by atoms with Crippen molar-refractivity contribution in [1.82, 2.24) is 15.5 Å². The Morgan fingerprint density at radius 2 is 1.47 bits per heavy atom. The first kappa shape index (κ1) is 36.4. The minimum Gasteiger partial charge on any atom is -0.387 e. The second-order valence-electron chi connectivity index (χ2n) is 13.0. The number of allylic oxidation sites excluding steroid dienone is 2. The van der Waals surface area contributed by atoms with Gasteiger partial charge < -0.3 is 15.5 Å². The molecule has 0 radical (unpaired) electrons. The first-order chi connectivity index (χ1) is 21.9. The Morgan fingerprint density at radius 3 is 2.02 bits per heavy atom. The Morgan fingerprint density at radius 1 is 0.911 bits per heavy atom. The normalized spacial score (nSPS) is 18.9. The number of nitrogens with zero attached hydrogens (tertiary/aromatic N) is 1. The van der Waals surface area contributed by atoms with E-state index >= 15 is 0 Å². The summed E-state index contributed by atoms with van der Waals surface area (Å²) in [4.78, 5) is 2.45. The number of aryl methyl sites for hydroxylation is 1. The molecule has 2 N–H and O–H groups in total. The monoisotopic (exact) mass is 610 g/mol. The predicted octanol–water partition coefficient (Wildman–Crippen LogP) is 10.8. The molecule has 2 aromatic carbocycles. The Labute approximate surface area is 277 Å². The Hall–Kier alpha value is -3.04. The molecule has 246 valence electrons. The van der Waals surface area contributed by atoms with Gasteiger partial charge in [0.15, 0.2) is 0 Å². The maximum atomic E-state index is 4.40. The number of rotatable bonds is 8. The molecule has 1 spiro atoms. The topological polar surface area (TPSA) is 27.3 Å². The number of nitrogens with one attached hydrogen (secondary N) is 2. The van der Waals surface area contributed by atoms with Gasteiger partial charge in [0.25, 0.3) is 0 Å². The molecule has 0 unspecified atom stereocenters. The summed E-state index contributed by atoms with van der Waals surface area (Å²) in [5, 5.41) is 7.17. The van der Waals surface area contributed by atoms with Gasteiger partial charge in [-0.2, -0.15) is 0 Å². The maximum absolute atomic E-state index is 4.40. The SMILES string of the molecule is C=C(N[C@H](C)c1ccc(C(=C2CC3(C2)CN(C)C3)c2ccc(C)cc2)cc1)C1=CNCC(CC2CCCC2)=C1.CC.CC.CC. The number of dihydropyridines is 1. The van der Waals surface area contributed by atoms with Crippen LogP contribution in [0.4, 0.5) is 0 Å². The summed E-state index contributed by atoms with van der Waals surface area (Å²) in [6.45, 7) is 24.3. The van der Waals surface area contributed by atoms with Crippen LogP contribution < -0.4 is 10.6 Å². The van der Waals surface area contributed by atoms with E-state index in [4.69, 9.17) is 0 Å². The van der Waals surface area contributed by atoms with Gasteiger partial charge in [-0.05, 0) is 68.3 Å². The molecule has 1 atom stereocenters. The summed E-state index contributed by atoms with van der Waals surface area (Å²) in [6.07, 6.45) is 13.8. The molecule has 2 saturated carbocycles. The van der Waals surface area contributed by atoms with Crippen LogP contribution >= 0.6 is 0 Å². The van der Waals surface area contributed by atoms with Crippen LogP contribution in [0.15, 0.2) is 89.8 Å². The molecular weight excluding hydrogens is 546 g/mol. The van der Waals surface area contributed by atoms with Gasteiger partial charge in [0.05, 0.1) is 0 Å². The van der Waals surface area contributed by atoms with Crippen LogP contribution in [0.1, 0.15) is 122 Å². The quantitative estimate of drug-likeness (QED) is 0.312. The lowest BCUT2D eigenvalue weighted by molar-refractivity contribution is -0.0106. The lowest BCUT2D eigenvalue weighted by Crippen LogP contribution is -2.58. The maximum Gasteiger partial charge on any atom is 0.0485 e. The summed E-state index contributed by atoms with van der Waals surface area (Å²) in [5.41, 5.74) is 12.6. The van der Waals surface area contributed by atoms with E-state index in [9.17, 15) is 0 Å². The van der Waals surface area contributed by atoms with Crippen molar-refractivity contribution in [3.63, 3.8) is 0 Å². The number of likely N-dealkylation sites (tertiary alicyclic amines) is 1. The highest BCUT2D eigenvalue weighted by Crippen LogP contribution is 2.54. The van der Waals surface area contributed by atoms with Crippen LogP contribution in [0, 0.1) is 18.3 Å². The van der Waals surface area contributed by atoms with E-state index in [1.165, 1.54) is 97.0 Å². The zero-order valence-electron chi connectivity index (χ0n) is 30.2. The van der Waals surface area contributed by atoms with Gasteiger partial charge in [0.1, 0.15) is 0 Å². The van der Waals surface area contributed by atoms with Gasteiger partial charge >= 0.3 is 0 Å². The number of hydrogen-bond acceptors (Lipinski definition) is 3. The van der Waals surface area contributed by atoms with Crippen LogP contribution in [0.2, 0.25) is 0 Å². The molecule has 45 heavy (non-hydrogen) atoms. The Balaban J connectivity index is 0.000000870. The molecule has 6 rings (SSSR count). The fourth-order valence-corrected chi connectivity index (χ4v) is 7.51. The van der Waals surface area contributed by atoms with E-state index in [0.29, 0.717) is 5.41 Å². The van der Waals surface area contributed by atoms with Crippen molar-refractivity contribution < 1.29 is 0 Å². The largest absolute Gasteiger partial charge is 0.387 e. The van der Waals surface area contributed by atoms with Crippen LogP contribution in [0.5, 0.6) is 0 Å². The zero-order valence-corrected chi connectivity index (χ0v) is 30.2. The Kier molecular flexibility index (Phi) is 14.2. The van der Waals surface area contributed by atoms with Crippen LogP contribution in [0.3, 0.4) is 0 Å². The third-order valence-corrected chi connectivity index (χ3v) is 9.49. The van der Waals surface area contributed by atoms with Crippen molar-refractivity contribution in [2.75, 3.05) is 26.7 Å². The first-order valence-electron chi connectivity index (χ1n) is 18.0. The molecule has 4 aliphatic rings. The third kappa shape index (κ3) is 9.26. The highest BCUT2D eigenvalue weighted by molar-refractivity contribution is 5.83. The molecular formula is C42H63N3. The highest BCUT2D eigenvalue weighted by atomic mass is 15.2. The van der Waals surface area contributed by atoms with E-state index < -0.39 is 0 Å². The van der Waals surface area contributed by atoms with Crippen LogP contribution in [0.25, 0.3) is 5.57 Å². The first-order valence-corrected chi connectivity index (χ1v) is 18.0. The standard InChI is InChI=1S/C36H45N3.3C2H6/c1-25-9-11-31(12-10-25)35(34-19-36(20-34)23-39(4)24-36)32-15-13-30(14-16-32)26(2)38-27(3)33-18-29(21-37-22-33)17-28-7-5-6-8-28;3*1-2/h9-16,18,22,26,28,37-38H,3,5-8,17,19-21,23-24H2,1-2,4H3;3*1-2H3/t26-;;;/m1.../s1. The highest BCUT2D eigenvalue weighted by Gasteiger charge is 2.49. The average Bonchev–Trinajstić information content (AvgIpc) is 3.56. The summed E-state index contributed by atoms with van der Waals surface area (Å²) < 4.78 is 0. The van der Waals surface area contributed by atoms with Gasteiger partial charge in [0, 0.05) is 48.6 Å². The van der Waals surface area contributed by atoms with E-state index in [2.05, 4.69) is 104 Å². The van der Waals surface area contributed by atoms with Gasteiger partial charge in [-0.1, -0.05) is 145 Å². The van der Waals surface area contributed by atoms with E-state index in [1.807, 2.05) is 41.5 Å². The van der Waals surface area contributed by atoms with Crippen molar-refractivity contribution in [2.24, 2.45) is 11.3 Å². The summed E-state index contributed by atoms with van der Waals surface area (Å²) in [6, 6.07) is 18.6. The molecule has 0 aromatic heterocycles. The zero-order chi connectivity index (χ0) is 33.0. The summed E-state index contributed by atoms with van der Waals surface area (Å²) in [7, 11) is 2.24. The minimum absolute atomic E-state index is 0.189. The summed E-state index contributed by atoms with van der Waals surface area (Å²) >= 11 is 0. The molecule has 3 heteroatoms. The van der Waals surface area contributed by atoms with Gasteiger partial charge in [-0.25, -0.2) is 0 Å². The fraction of sp³-hybridized carbons (Fsp3) is 0.524. The van der Waals surface area contributed by atoms with Crippen molar-refractivity contribution in [3.8, 4) is 0 Å². The second kappa shape index (κ2) is 17.6. The van der Waals surface area contributed by atoms with Gasteiger partial charge in [-0.3, -0.25) is 0 Å². The smallest absolute Gasteiger partial charge is 0.0485 e. The molecule has 0 bridgehead atoms.